The summed E-state index contributed by atoms with van der Waals surface area (Å²) in [6.07, 6.45) is 0. The summed E-state index contributed by atoms with van der Waals surface area (Å²) < 4.78 is 64.8. The molecule has 14 heteroatoms. The smallest absolute Gasteiger partial charge is 0.340 e. The number of carbonyl (C=O) groups is 2. The van der Waals surface area contributed by atoms with Crippen LogP contribution in [0.25, 0.3) is 0 Å². The second-order valence-electron chi connectivity index (χ2n) is 7.75. The molecule has 11 nitrogen and oxygen atoms in total. The number of carbonyl (C=O) groups excluding carboxylic acids is 2. The predicted octanol–water partition coefficient (Wildman–Crippen LogP) is 2.37. The minimum atomic E-state index is -3.90. The van der Waals surface area contributed by atoms with Gasteiger partial charge in [0.25, 0.3) is 15.9 Å². The minimum Gasteiger partial charge on any atom is -0.452 e. The number of anilines is 2. The third kappa shape index (κ3) is 6.53. The molecule has 0 aliphatic carbocycles. The van der Waals surface area contributed by atoms with E-state index in [1.807, 2.05) is 0 Å². The van der Waals surface area contributed by atoms with Crippen LogP contribution in [-0.2, 0) is 34.3 Å². The summed E-state index contributed by atoms with van der Waals surface area (Å²) in [4.78, 5) is 25.0. The molecule has 1 amide bonds. The van der Waals surface area contributed by atoms with Gasteiger partial charge >= 0.3 is 5.97 Å². The van der Waals surface area contributed by atoms with Gasteiger partial charge in [0, 0.05) is 18.8 Å². The number of hydrogen-bond acceptors (Lipinski definition) is 9. The highest BCUT2D eigenvalue weighted by Crippen LogP contribution is 2.24. The van der Waals surface area contributed by atoms with Gasteiger partial charge in [-0.15, -0.1) is 11.3 Å². The normalized spacial score (nSPS) is 14.6. The lowest BCUT2D eigenvalue weighted by Gasteiger charge is -2.26. The lowest BCUT2D eigenvalue weighted by Crippen LogP contribution is -2.40. The van der Waals surface area contributed by atoms with Gasteiger partial charge in [-0.1, -0.05) is 24.3 Å². The van der Waals surface area contributed by atoms with Crippen molar-refractivity contribution in [2.75, 3.05) is 42.9 Å². The van der Waals surface area contributed by atoms with Crippen molar-refractivity contribution in [1.29, 1.82) is 0 Å². The predicted molar refractivity (Wildman–Crippen MR) is 137 cm³/mol. The molecule has 0 atom stereocenters. The van der Waals surface area contributed by atoms with E-state index >= 15 is 0 Å². The number of nitrogens with one attached hydrogen (secondary N) is 2. The number of ether oxygens (including phenoxy) is 2. The van der Waals surface area contributed by atoms with Gasteiger partial charge in [0.05, 0.1) is 29.4 Å². The zero-order chi connectivity index (χ0) is 26.5. The van der Waals surface area contributed by atoms with Crippen LogP contribution in [0.4, 0.5) is 11.4 Å². The van der Waals surface area contributed by atoms with E-state index in [1.54, 1.807) is 17.5 Å². The monoisotopic (exact) mass is 565 g/mol. The fraction of sp³-hybridized carbons (Fsp3) is 0.217. The van der Waals surface area contributed by atoms with Crippen LogP contribution < -0.4 is 10.0 Å². The molecule has 1 aliphatic rings. The maximum Gasteiger partial charge on any atom is 0.340 e. The van der Waals surface area contributed by atoms with Crippen LogP contribution in [0.5, 0.6) is 0 Å². The number of morpholine rings is 1. The zero-order valence-corrected chi connectivity index (χ0v) is 21.8. The van der Waals surface area contributed by atoms with Gasteiger partial charge in [-0.2, -0.15) is 4.31 Å². The largest absolute Gasteiger partial charge is 0.452 e. The SMILES string of the molecule is O=C(COC(=O)c1ccccc1NS(=O)(=O)c1cccs1)Nc1cccc(S(=O)(=O)N2CCOCC2)c1. The standard InChI is InChI=1S/C23H23N3O8S3/c27-21(24-17-5-3-6-18(15-17)37(31,32)26-10-12-33-13-11-26)16-34-23(28)19-7-1-2-8-20(19)25-36(29,30)22-9-4-14-35-22/h1-9,14-15,25H,10-13,16H2,(H,24,27). The maximum atomic E-state index is 12.8. The van der Waals surface area contributed by atoms with Crippen LogP contribution in [0.1, 0.15) is 10.4 Å². The van der Waals surface area contributed by atoms with E-state index in [4.69, 9.17) is 9.47 Å². The quantitative estimate of drug-likeness (QED) is 0.376. The summed E-state index contributed by atoms with van der Waals surface area (Å²) in [6.45, 7) is 0.407. The number of thiophene rings is 1. The minimum absolute atomic E-state index is 0.00216. The van der Waals surface area contributed by atoms with Gasteiger partial charge in [-0.3, -0.25) is 9.52 Å². The summed E-state index contributed by atoms with van der Waals surface area (Å²) in [6, 6.07) is 14.6. The molecule has 1 aliphatic heterocycles. The summed E-state index contributed by atoms with van der Waals surface area (Å²) in [5.41, 5.74) is 0.135. The van der Waals surface area contributed by atoms with Crippen LogP contribution in [0.2, 0.25) is 0 Å². The van der Waals surface area contributed by atoms with Gasteiger partial charge in [0.2, 0.25) is 10.0 Å². The molecular weight excluding hydrogens is 542 g/mol. The second kappa shape index (κ2) is 11.4. The third-order valence-electron chi connectivity index (χ3n) is 5.21. The van der Waals surface area contributed by atoms with Gasteiger partial charge in [-0.25, -0.2) is 21.6 Å². The van der Waals surface area contributed by atoms with Crippen molar-refractivity contribution >= 4 is 54.6 Å². The van der Waals surface area contributed by atoms with Crippen LogP contribution in [-0.4, -0.2) is 65.9 Å². The number of para-hydroxylation sites is 1. The number of benzene rings is 2. The van der Waals surface area contributed by atoms with Crippen molar-refractivity contribution in [1.82, 2.24) is 4.31 Å². The Morgan fingerprint density at radius 1 is 0.973 bits per heavy atom. The average molecular weight is 566 g/mol. The van der Waals surface area contributed by atoms with Gasteiger partial charge in [-0.05, 0) is 41.8 Å². The van der Waals surface area contributed by atoms with E-state index < -0.39 is 38.5 Å². The maximum absolute atomic E-state index is 12.8. The van der Waals surface area contributed by atoms with Crippen molar-refractivity contribution in [3.05, 3.63) is 71.6 Å². The summed E-state index contributed by atoms with van der Waals surface area (Å²) in [7, 11) is -7.66. The molecule has 0 spiro atoms. The molecule has 3 aromatic rings. The first-order valence-corrected chi connectivity index (χ1v) is 14.8. The average Bonchev–Trinajstić information content (AvgIpc) is 3.45. The van der Waals surface area contributed by atoms with E-state index in [0.717, 1.165) is 11.3 Å². The molecule has 196 valence electrons. The highest BCUT2D eigenvalue weighted by atomic mass is 32.2. The van der Waals surface area contributed by atoms with Crippen LogP contribution in [0, 0.1) is 0 Å². The number of rotatable bonds is 9. The Balaban J connectivity index is 1.39. The Morgan fingerprint density at radius 2 is 1.73 bits per heavy atom. The fourth-order valence-corrected chi connectivity index (χ4v) is 6.96. The second-order valence-corrected chi connectivity index (χ2v) is 12.5. The Hall–Kier alpha value is -3.30. The summed E-state index contributed by atoms with van der Waals surface area (Å²) in [5, 5.41) is 4.11. The molecule has 2 heterocycles. The Bertz CT molecular complexity index is 1480. The molecule has 1 saturated heterocycles. The van der Waals surface area contributed by atoms with Crippen molar-refractivity contribution in [2.24, 2.45) is 0 Å². The van der Waals surface area contributed by atoms with E-state index in [-0.39, 0.29) is 39.1 Å². The number of hydrogen-bond donors (Lipinski definition) is 2. The Labute approximate surface area is 218 Å². The molecule has 0 radical (unpaired) electrons. The lowest BCUT2D eigenvalue weighted by molar-refractivity contribution is -0.119. The van der Waals surface area contributed by atoms with Gasteiger partial charge in [0.1, 0.15) is 4.21 Å². The molecule has 0 saturated carbocycles. The van der Waals surface area contributed by atoms with E-state index in [0.29, 0.717) is 13.2 Å². The van der Waals surface area contributed by atoms with E-state index in [9.17, 15) is 26.4 Å². The molecular formula is C23H23N3O8S3. The first kappa shape index (κ1) is 26.8. The van der Waals surface area contributed by atoms with Gasteiger partial charge in [0.15, 0.2) is 6.61 Å². The van der Waals surface area contributed by atoms with E-state index in [2.05, 4.69) is 10.0 Å². The molecule has 0 unspecified atom stereocenters. The molecule has 2 aromatic carbocycles. The molecule has 2 N–H and O–H groups in total. The van der Waals surface area contributed by atoms with Crippen LogP contribution >= 0.6 is 11.3 Å². The summed E-state index contributed by atoms with van der Waals surface area (Å²) >= 11 is 1.02. The molecule has 1 aromatic heterocycles. The third-order valence-corrected chi connectivity index (χ3v) is 9.87. The number of amides is 1. The number of sulfonamides is 2. The highest BCUT2D eigenvalue weighted by Gasteiger charge is 2.26. The van der Waals surface area contributed by atoms with Gasteiger partial charge < -0.3 is 14.8 Å². The van der Waals surface area contributed by atoms with Crippen molar-refractivity contribution in [2.45, 2.75) is 9.10 Å². The topological polar surface area (TPSA) is 148 Å². The number of esters is 1. The molecule has 0 bridgehead atoms. The first-order chi connectivity index (χ1) is 17.7. The van der Waals surface area contributed by atoms with Crippen molar-refractivity contribution < 1.29 is 35.9 Å². The lowest BCUT2D eigenvalue weighted by atomic mass is 10.2. The van der Waals surface area contributed by atoms with Crippen molar-refractivity contribution in [3.8, 4) is 0 Å². The highest BCUT2D eigenvalue weighted by molar-refractivity contribution is 7.94. The van der Waals surface area contributed by atoms with E-state index in [1.165, 1.54) is 52.8 Å². The fourth-order valence-electron chi connectivity index (χ4n) is 3.44. The molecule has 37 heavy (non-hydrogen) atoms. The van der Waals surface area contributed by atoms with Crippen molar-refractivity contribution in [3.63, 3.8) is 0 Å². The Kier molecular flexibility index (Phi) is 8.24. The molecule has 1 fully saturated rings. The van der Waals surface area contributed by atoms with Crippen LogP contribution in [0.3, 0.4) is 0 Å². The summed E-state index contributed by atoms with van der Waals surface area (Å²) in [5.74, 6) is -1.62. The van der Waals surface area contributed by atoms with Crippen LogP contribution in [0.15, 0.2) is 75.1 Å². The number of nitrogens with zero attached hydrogens (tertiary/aromatic N) is 1. The molecule has 4 rings (SSSR count). The first-order valence-electron chi connectivity index (χ1n) is 11.0. The zero-order valence-electron chi connectivity index (χ0n) is 19.3. The Morgan fingerprint density at radius 3 is 2.46 bits per heavy atom.